The summed E-state index contributed by atoms with van der Waals surface area (Å²) < 4.78 is 2.16. The van der Waals surface area contributed by atoms with Gasteiger partial charge < -0.3 is 19.7 Å². The fourth-order valence-corrected chi connectivity index (χ4v) is 3.72. The Morgan fingerprint density at radius 3 is 2.96 bits per heavy atom. The molecule has 0 radical (unpaired) electrons. The summed E-state index contributed by atoms with van der Waals surface area (Å²) in [6.07, 6.45) is 6.10. The number of nitrogens with one attached hydrogen (secondary N) is 1. The number of nitrogens with zero attached hydrogens (tertiary/aromatic N) is 6. The molecule has 2 aliphatic rings. The van der Waals surface area contributed by atoms with E-state index in [1.807, 2.05) is 23.2 Å². The largest absolute Gasteiger partial charge is 0.334 e. The van der Waals surface area contributed by atoms with Crippen LogP contribution in [-0.2, 0) is 19.4 Å². The summed E-state index contributed by atoms with van der Waals surface area (Å²) in [5.41, 5.74) is 1.12. The molecule has 1 N–H and O–H groups in total. The summed E-state index contributed by atoms with van der Waals surface area (Å²) in [7, 11) is 2.09. The predicted molar refractivity (Wildman–Crippen MR) is 96.8 cm³/mol. The van der Waals surface area contributed by atoms with Gasteiger partial charge in [0.15, 0.2) is 0 Å². The SMILES string of the molecule is CN1CCC(NC(=O)N2CCc3nnc(Cc4cccnc4)n3CC2)C1. The van der Waals surface area contributed by atoms with E-state index in [4.69, 9.17) is 0 Å². The third kappa shape index (κ3) is 3.70. The number of carbonyl (C=O) groups is 1. The molecule has 1 saturated heterocycles. The Morgan fingerprint density at radius 1 is 1.27 bits per heavy atom. The van der Waals surface area contributed by atoms with Crippen LogP contribution in [0.4, 0.5) is 4.79 Å². The highest BCUT2D eigenvalue weighted by atomic mass is 16.2. The molecule has 0 spiro atoms. The summed E-state index contributed by atoms with van der Waals surface area (Å²) in [4.78, 5) is 20.9. The summed E-state index contributed by atoms with van der Waals surface area (Å²) in [6, 6.07) is 4.28. The molecule has 2 amide bonds. The number of likely N-dealkylation sites (N-methyl/N-ethyl adjacent to an activating group) is 1. The quantitative estimate of drug-likeness (QED) is 0.869. The molecule has 0 saturated carbocycles. The van der Waals surface area contributed by atoms with Gasteiger partial charge in [0.2, 0.25) is 0 Å². The molecule has 0 aliphatic carbocycles. The van der Waals surface area contributed by atoms with Crippen molar-refractivity contribution in [3.8, 4) is 0 Å². The number of hydrogen-bond donors (Lipinski definition) is 1. The standard InChI is InChI=1S/C18H25N7O/c1-23-7-4-15(13-23)20-18(26)24-8-5-16-21-22-17(25(16)10-9-24)11-14-3-2-6-19-12-14/h2-3,6,12,15H,4-5,7-11,13H2,1H3,(H,20,26). The van der Waals surface area contributed by atoms with Crippen molar-refractivity contribution in [3.63, 3.8) is 0 Å². The van der Waals surface area contributed by atoms with Crippen LogP contribution in [0.5, 0.6) is 0 Å². The third-order valence-corrected chi connectivity index (χ3v) is 5.19. The first-order valence-electron chi connectivity index (χ1n) is 9.23. The van der Waals surface area contributed by atoms with E-state index in [-0.39, 0.29) is 12.1 Å². The molecule has 1 atom stereocenters. The zero-order chi connectivity index (χ0) is 17.9. The molecule has 26 heavy (non-hydrogen) atoms. The molecule has 1 fully saturated rings. The van der Waals surface area contributed by atoms with E-state index in [0.717, 1.165) is 49.7 Å². The minimum absolute atomic E-state index is 0.0396. The van der Waals surface area contributed by atoms with Gasteiger partial charge in [-0.15, -0.1) is 10.2 Å². The number of carbonyl (C=O) groups excluding carboxylic acids is 1. The summed E-state index contributed by atoms with van der Waals surface area (Å²) in [5, 5.41) is 11.9. The second kappa shape index (κ2) is 7.41. The molecule has 2 aromatic rings. The Balaban J connectivity index is 1.39. The number of urea groups is 1. The predicted octanol–water partition coefficient (Wildman–Crippen LogP) is 0.536. The Kier molecular flexibility index (Phi) is 4.83. The highest BCUT2D eigenvalue weighted by Crippen LogP contribution is 2.14. The van der Waals surface area contributed by atoms with Crippen molar-refractivity contribution in [1.82, 2.24) is 34.9 Å². The van der Waals surface area contributed by atoms with Gasteiger partial charge in [0.25, 0.3) is 0 Å². The van der Waals surface area contributed by atoms with Crippen molar-refractivity contribution in [1.29, 1.82) is 0 Å². The van der Waals surface area contributed by atoms with Crippen LogP contribution in [0.25, 0.3) is 0 Å². The molecule has 8 heteroatoms. The Labute approximate surface area is 153 Å². The maximum Gasteiger partial charge on any atom is 0.317 e. The van der Waals surface area contributed by atoms with Crippen LogP contribution in [0, 0.1) is 0 Å². The monoisotopic (exact) mass is 355 g/mol. The van der Waals surface area contributed by atoms with Gasteiger partial charge in [-0.1, -0.05) is 6.07 Å². The number of fused-ring (bicyclic) bond motifs is 1. The number of amides is 2. The lowest BCUT2D eigenvalue weighted by atomic mass is 10.2. The smallest absolute Gasteiger partial charge is 0.317 e. The highest BCUT2D eigenvalue weighted by Gasteiger charge is 2.26. The van der Waals surface area contributed by atoms with Crippen LogP contribution < -0.4 is 5.32 Å². The van der Waals surface area contributed by atoms with E-state index in [9.17, 15) is 4.79 Å². The lowest BCUT2D eigenvalue weighted by Gasteiger charge is -2.23. The zero-order valence-corrected chi connectivity index (χ0v) is 15.1. The van der Waals surface area contributed by atoms with Gasteiger partial charge in [0.05, 0.1) is 0 Å². The molecule has 4 rings (SSSR count). The van der Waals surface area contributed by atoms with Crippen LogP contribution in [0.15, 0.2) is 24.5 Å². The molecule has 8 nitrogen and oxygen atoms in total. The van der Waals surface area contributed by atoms with Crippen LogP contribution in [0.1, 0.15) is 23.6 Å². The van der Waals surface area contributed by atoms with Crippen molar-refractivity contribution in [2.24, 2.45) is 0 Å². The first-order chi connectivity index (χ1) is 12.7. The molecule has 1 unspecified atom stereocenters. The molecule has 0 bridgehead atoms. The van der Waals surface area contributed by atoms with Gasteiger partial charge in [0.1, 0.15) is 11.6 Å². The molecular weight excluding hydrogens is 330 g/mol. The minimum Gasteiger partial charge on any atom is -0.334 e. The van der Waals surface area contributed by atoms with Gasteiger partial charge in [-0.25, -0.2) is 4.79 Å². The van der Waals surface area contributed by atoms with E-state index < -0.39 is 0 Å². The third-order valence-electron chi connectivity index (χ3n) is 5.19. The summed E-state index contributed by atoms with van der Waals surface area (Å²) in [6.45, 7) is 4.07. The number of pyridine rings is 1. The van der Waals surface area contributed by atoms with E-state index in [0.29, 0.717) is 19.5 Å². The van der Waals surface area contributed by atoms with Crippen LogP contribution in [0.3, 0.4) is 0 Å². The van der Waals surface area contributed by atoms with Crippen molar-refractivity contribution in [2.75, 3.05) is 33.2 Å². The van der Waals surface area contributed by atoms with Gasteiger partial charge in [-0.3, -0.25) is 4.98 Å². The van der Waals surface area contributed by atoms with Gasteiger partial charge in [-0.05, 0) is 31.6 Å². The van der Waals surface area contributed by atoms with Gasteiger partial charge >= 0.3 is 6.03 Å². The summed E-state index contributed by atoms with van der Waals surface area (Å²) in [5.74, 6) is 1.90. The first kappa shape index (κ1) is 17.0. The fourth-order valence-electron chi connectivity index (χ4n) is 3.72. The van der Waals surface area contributed by atoms with Gasteiger partial charge in [-0.2, -0.15) is 0 Å². The molecule has 2 aromatic heterocycles. The minimum atomic E-state index is 0.0396. The lowest BCUT2D eigenvalue weighted by molar-refractivity contribution is 0.194. The Hall–Kier alpha value is -2.48. The average molecular weight is 355 g/mol. The van der Waals surface area contributed by atoms with E-state index in [1.165, 1.54) is 0 Å². The van der Waals surface area contributed by atoms with Crippen molar-refractivity contribution < 1.29 is 4.79 Å². The zero-order valence-electron chi connectivity index (χ0n) is 15.1. The maximum atomic E-state index is 12.6. The molecule has 0 aromatic carbocycles. The van der Waals surface area contributed by atoms with E-state index >= 15 is 0 Å². The average Bonchev–Trinajstić information content (AvgIpc) is 3.15. The van der Waals surface area contributed by atoms with Crippen LogP contribution >= 0.6 is 0 Å². The molecule has 2 aliphatic heterocycles. The number of hydrogen-bond acceptors (Lipinski definition) is 5. The topological polar surface area (TPSA) is 79.2 Å². The van der Waals surface area contributed by atoms with Crippen molar-refractivity contribution in [2.45, 2.75) is 31.8 Å². The van der Waals surface area contributed by atoms with E-state index in [2.05, 4.69) is 37.0 Å². The normalized spacial score (nSPS) is 20.7. The first-order valence-corrected chi connectivity index (χ1v) is 9.23. The maximum absolute atomic E-state index is 12.6. The second-order valence-electron chi connectivity index (χ2n) is 7.16. The summed E-state index contributed by atoms with van der Waals surface area (Å²) >= 11 is 0. The number of aromatic nitrogens is 4. The number of likely N-dealkylation sites (tertiary alicyclic amines) is 1. The van der Waals surface area contributed by atoms with Crippen LogP contribution in [0.2, 0.25) is 0 Å². The van der Waals surface area contributed by atoms with Gasteiger partial charge in [0, 0.05) is 57.5 Å². The number of rotatable bonds is 3. The Bertz CT molecular complexity index is 760. The Morgan fingerprint density at radius 2 is 2.19 bits per heavy atom. The van der Waals surface area contributed by atoms with Crippen LogP contribution in [-0.4, -0.2) is 74.8 Å². The molecule has 4 heterocycles. The van der Waals surface area contributed by atoms with Crippen molar-refractivity contribution >= 4 is 6.03 Å². The highest BCUT2D eigenvalue weighted by molar-refractivity contribution is 5.74. The van der Waals surface area contributed by atoms with Crippen molar-refractivity contribution in [3.05, 3.63) is 41.7 Å². The second-order valence-corrected chi connectivity index (χ2v) is 7.16. The molecule has 138 valence electrons. The van der Waals surface area contributed by atoms with E-state index in [1.54, 1.807) is 6.20 Å². The fraction of sp³-hybridized carbons (Fsp3) is 0.556. The molecular formula is C18H25N7O. The lowest BCUT2D eigenvalue weighted by Crippen LogP contribution is -2.46.